The molecule has 0 bridgehead atoms. The van der Waals surface area contributed by atoms with Gasteiger partial charge in [-0.1, -0.05) is 6.07 Å². The monoisotopic (exact) mass is 486 g/mol. The standard InChI is InChI=1S/C27H32F2N2O2S/c1-33-22-6-8-27-25(16-22)24(9-11-30-27)26(29)7-5-19-10-12-31(17-20(19)18-32)13-14-34-23-4-2-3-21(28)15-23/h2-4,6,8-9,11,15-16,19-20,26,32H,5,7,10,12-14,17-18H2,1H3/t19-,20-,26?/m1/s1. The van der Waals surface area contributed by atoms with Gasteiger partial charge in [-0.2, -0.15) is 0 Å². The molecule has 1 unspecified atom stereocenters. The molecular formula is C27H32F2N2O2S. The van der Waals surface area contributed by atoms with Crippen LogP contribution in [0, 0.1) is 17.7 Å². The Hall–Kier alpha value is -2.22. The van der Waals surface area contributed by atoms with Crippen molar-refractivity contribution >= 4 is 22.7 Å². The summed E-state index contributed by atoms with van der Waals surface area (Å²) in [5.74, 6) is 1.80. The Morgan fingerprint density at radius 2 is 2.09 bits per heavy atom. The van der Waals surface area contributed by atoms with Gasteiger partial charge in [0.05, 0.1) is 12.6 Å². The molecule has 1 N–H and O–H groups in total. The second-order valence-corrected chi connectivity index (χ2v) is 10.1. The van der Waals surface area contributed by atoms with E-state index in [-0.39, 0.29) is 18.3 Å². The van der Waals surface area contributed by atoms with Gasteiger partial charge < -0.3 is 14.7 Å². The van der Waals surface area contributed by atoms with E-state index in [2.05, 4.69) is 9.88 Å². The molecule has 0 spiro atoms. The maximum atomic E-state index is 15.3. The number of likely N-dealkylation sites (tertiary alicyclic amines) is 1. The van der Waals surface area contributed by atoms with Crippen molar-refractivity contribution in [3.8, 4) is 5.75 Å². The fraction of sp³-hybridized carbons (Fsp3) is 0.444. The zero-order valence-electron chi connectivity index (χ0n) is 19.5. The number of aliphatic hydroxyl groups is 1. The van der Waals surface area contributed by atoms with Gasteiger partial charge in [-0.05, 0) is 85.7 Å². The SMILES string of the molecule is COc1ccc2nccc(C(F)CC[C@@H]3CCN(CCSc4cccc(F)c4)C[C@@H]3CO)c2c1. The molecule has 3 aromatic rings. The van der Waals surface area contributed by atoms with Crippen molar-refractivity contribution in [3.63, 3.8) is 0 Å². The van der Waals surface area contributed by atoms with Crippen LogP contribution < -0.4 is 4.74 Å². The highest BCUT2D eigenvalue weighted by atomic mass is 32.2. The number of methoxy groups -OCH3 is 1. The predicted octanol–water partition coefficient (Wildman–Crippen LogP) is 5.90. The minimum atomic E-state index is -1.09. The maximum absolute atomic E-state index is 15.3. The third-order valence-electron chi connectivity index (χ3n) is 6.79. The fourth-order valence-electron chi connectivity index (χ4n) is 4.86. The van der Waals surface area contributed by atoms with Crippen LogP contribution in [-0.4, -0.2) is 54.1 Å². The number of thioether (sulfide) groups is 1. The number of hydrogen-bond donors (Lipinski definition) is 1. The van der Waals surface area contributed by atoms with Crippen LogP contribution in [0.15, 0.2) is 59.6 Å². The van der Waals surface area contributed by atoms with Crippen LogP contribution in [-0.2, 0) is 0 Å². The molecule has 182 valence electrons. The van der Waals surface area contributed by atoms with Crippen LogP contribution in [0.2, 0.25) is 0 Å². The van der Waals surface area contributed by atoms with Gasteiger partial charge in [0.2, 0.25) is 0 Å². The zero-order chi connectivity index (χ0) is 23.9. The number of fused-ring (bicyclic) bond motifs is 1. The zero-order valence-corrected chi connectivity index (χ0v) is 20.3. The average molecular weight is 487 g/mol. The predicted molar refractivity (Wildman–Crippen MR) is 134 cm³/mol. The third kappa shape index (κ3) is 6.26. The maximum Gasteiger partial charge on any atom is 0.126 e. The van der Waals surface area contributed by atoms with Crippen LogP contribution >= 0.6 is 11.8 Å². The molecule has 1 aliphatic rings. The first-order valence-corrected chi connectivity index (χ1v) is 12.8. The van der Waals surface area contributed by atoms with Crippen molar-refractivity contribution in [1.29, 1.82) is 0 Å². The highest BCUT2D eigenvalue weighted by molar-refractivity contribution is 7.99. The molecule has 7 heteroatoms. The number of aromatic nitrogens is 1. The number of nitrogens with zero attached hydrogens (tertiary/aromatic N) is 2. The molecule has 1 aliphatic heterocycles. The summed E-state index contributed by atoms with van der Waals surface area (Å²) in [4.78, 5) is 7.64. The van der Waals surface area contributed by atoms with Crippen molar-refractivity contribution < 1.29 is 18.6 Å². The van der Waals surface area contributed by atoms with Crippen molar-refractivity contribution in [2.75, 3.05) is 39.1 Å². The van der Waals surface area contributed by atoms with Gasteiger partial charge in [0.25, 0.3) is 0 Å². The van der Waals surface area contributed by atoms with Crippen molar-refractivity contribution in [2.45, 2.75) is 30.3 Å². The topological polar surface area (TPSA) is 45.6 Å². The first-order chi connectivity index (χ1) is 16.6. The van der Waals surface area contributed by atoms with E-state index < -0.39 is 6.17 Å². The van der Waals surface area contributed by atoms with Crippen LogP contribution in [0.5, 0.6) is 5.75 Å². The van der Waals surface area contributed by atoms with Crippen molar-refractivity contribution in [2.24, 2.45) is 11.8 Å². The molecule has 0 radical (unpaired) electrons. The molecule has 3 atom stereocenters. The van der Waals surface area contributed by atoms with Gasteiger partial charge in [-0.15, -0.1) is 11.8 Å². The smallest absolute Gasteiger partial charge is 0.126 e. The highest BCUT2D eigenvalue weighted by Gasteiger charge is 2.29. The molecule has 4 nitrogen and oxygen atoms in total. The van der Waals surface area contributed by atoms with E-state index >= 15 is 4.39 Å². The Balaban J connectivity index is 1.29. The number of benzene rings is 2. The molecule has 1 fully saturated rings. The molecule has 0 amide bonds. The Morgan fingerprint density at radius 1 is 1.21 bits per heavy atom. The number of rotatable bonds is 10. The van der Waals surface area contributed by atoms with Crippen LogP contribution in [0.4, 0.5) is 8.78 Å². The van der Waals surface area contributed by atoms with Gasteiger partial charge in [0.1, 0.15) is 17.7 Å². The number of hydrogen-bond acceptors (Lipinski definition) is 5. The van der Waals surface area contributed by atoms with Crippen molar-refractivity contribution in [1.82, 2.24) is 9.88 Å². The molecule has 0 aliphatic carbocycles. The summed E-state index contributed by atoms with van der Waals surface area (Å²) in [6.45, 7) is 2.76. The number of alkyl halides is 1. The second-order valence-electron chi connectivity index (χ2n) is 8.93. The molecule has 1 saturated heterocycles. The number of piperidine rings is 1. The fourth-order valence-corrected chi connectivity index (χ4v) is 5.81. The van der Waals surface area contributed by atoms with E-state index in [0.29, 0.717) is 23.7 Å². The lowest BCUT2D eigenvalue weighted by atomic mass is 9.81. The molecule has 2 aromatic carbocycles. The minimum Gasteiger partial charge on any atom is -0.497 e. The van der Waals surface area contributed by atoms with E-state index in [4.69, 9.17) is 4.74 Å². The summed E-state index contributed by atoms with van der Waals surface area (Å²) < 4.78 is 34.0. The first kappa shape index (κ1) is 24.9. The van der Waals surface area contributed by atoms with E-state index in [1.807, 2.05) is 24.3 Å². The van der Waals surface area contributed by atoms with Gasteiger partial charge in [-0.3, -0.25) is 4.98 Å². The molecule has 0 saturated carbocycles. The number of pyridine rings is 1. The Morgan fingerprint density at radius 3 is 2.88 bits per heavy atom. The van der Waals surface area contributed by atoms with E-state index in [0.717, 1.165) is 54.0 Å². The third-order valence-corrected chi connectivity index (χ3v) is 7.77. The summed E-state index contributed by atoms with van der Waals surface area (Å²) in [6.07, 6.45) is 2.69. The summed E-state index contributed by atoms with van der Waals surface area (Å²) in [5, 5.41) is 10.8. The molecule has 1 aromatic heterocycles. The minimum absolute atomic E-state index is 0.116. The number of ether oxygens (including phenoxy) is 1. The summed E-state index contributed by atoms with van der Waals surface area (Å²) >= 11 is 1.65. The summed E-state index contributed by atoms with van der Waals surface area (Å²) in [7, 11) is 1.60. The lowest BCUT2D eigenvalue weighted by molar-refractivity contribution is 0.0672. The Kier molecular flexibility index (Phi) is 8.75. The van der Waals surface area contributed by atoms with Gasteiger partial charge >= 0.3 is 0 Å². The van der Waals surface area contributed by atoms with Crippen LogP contribution in [0.3, 0.4) is 0 Å². The van der Waals surface area contributed by atoms with Gasteiger partial charge in [0.15, 0.2) is 0 Å². The molecule has 4 rings (SSSR count). The van der Waals surface area contributed by atoms with E-state index in [1.54, 1.807) is 43.3 Å². The lowest BCUT2D eigenvalue weighted by Crippen LogP contribution is -2.43. The van der Waals surface area contributed by atoms with E-state index in [1.165, 1.54) is 6.07 Å². The lowest BCUT2D eigenvalue weighted by Gasteiger charge is -2.38. The molecule has 34 heavy (non-hydrogen) atoms. The Bertz CT molecular complexity index is 1080. The molecule has 2 heterocycles. The average Bonchev–Trinajstić information content (AvgIpc) is 2.87. The van der Waals surface area contributed by atoms with Crippen LogP contribution in [0.25, 0.3) is 10.9 Å². The highest BCUT2D eigenvalue weighted by Crippen LogP contribution is 2.35. The largest absolute Gasteiger partial charge is 0.497 e. The van der Waals surface area contributed by atoms with Gasteiger partial charge in [-0.25, -0.2) is 8.78 Å². The quantitative estimate of drug-likeness (QED) is 0.362. The Labute approximate surface area is 204 Å². The normalized spacial score (nSPS) is 19.9. The van der Waals surface area contributed by atoms with Crippen molar-refractivity contribution in [3.05, 3.63) is 66.1 Å². The summed E-state index contributed by atoms with van der Waals surface area (Å²) in [6, 6.07) is 14.0. The first-order valence-electron chi connectivity index (χ1n) is 11.9. The number of aliphatic hydroxyl groups excluding tert-OH is 1. The van der Waals surface area contributed by atoms with E-state index in [9.17, 15) is 9.50 Å². The second kappa shape index (κ2) is 12.0. The van der Waals surface area contributed by atoms with Crippen LogP contribution in [0.1, 0.15) is 31.0 Å². The number of halogens is 2. The molecular weight excluding hydrogens is 454 g/mol. The summed E-state index contributed by atoms with van der Waals surface area (Å²) in [5.41, 5.74) is 1.41. The van der Waals surface area contributed by atoms with Gasteiger partial charge in [0, 0.05) is 41.9 Å².